The molecule has 0 amide bonds. The van der Waals surface area contributed by atoms with Gasteiger partial charge in [0.1, 0.15) is 0 Å². The van der Waals surface area contributed by atoms with Gasteiger partial charge in [-0.3, -0.25) is 0 Å². The predicted molar refractivity (Wildman–Crippen MR) is 60.3 cm³/mol. The third-order valence-corrected chi connectivity index (χ3v) is 3.68. The first kappa shape index (κ1) is 16.4. The van der Waals surface area contributed by atoms with Crippen LogP contribution in [-0.4, -0.2) is 37.2 Å². The van der Waals surface area contributed by atoms with Crippen LogP contribution in [0.15, 0.2) is 29.2 Å². The quantitative estimate of drug-likeness (QED) is 0.731. The Hall–Kier alpha value is -1.65. The summed E-state index contributed by atoms with van der Waals surface area (Å²) >= 11 is 0. The number of hydrogen-bond acceptors (Lipinski definition) is 4. The maximum absolute atomic E-state index is 12.3. The normalized spacial score (nSPS) is 14.0. The van der Waals surface area contributed by atoms with Crippen molar-refractivity contribution in [2.24, 2.45) is 0 Å². The summed E-state index contributed by atoms with van der Waals surface area (Å²) in [6, 6.07) is 2.64. The van der Waals surface area contributed by atoms with Crippen LogP contribution in [0.2, 0.25) is 0 Å². The van der Waals surface area contributed by atoms with Gasteiger partial charge < -0.3 is 10.2 Å². The van der Waals surface area contributed by atoms with E-state index in [0.29, 0.717) is 12.1 Å². The predicted octanol–water partition coefficient (Wildman–Crippen LogP) is 0.429. The number of rotatable bonds is 5. The zero-order valence-corrected chi connectivity index (χ0v) is 10.6. The van der Waals surface area contributed by atoms with Crippen molar-refractivity contribution in [1.29, 1.82) is 0 Å². The van der Waals surface area contributed by atoms with Crippen molar-refractivity contribution in [2.75, 3.05) is 6.54 Å². The van der Waals surface area contributed by atoms with Crippen LogP contribution in [-0.2, 0) is 21.0 Å². The van der Waals surface area contributed by atoms with Gasteiger partial charge >= 0.3 is 12.1 Å². The summed E-state index contributed by atoms with van der Waals surface area (Å²) in [5.74, 6) is -1.62. The summed E-state index contributed by atoms with van der Waals surface area (Å²) in [6.45, 7) is -0.793. The van der Waals surface area contributed by atoms with Crippen LogP contribution in [0.5, 0.6) is 0 Å². The summed E-state index contributed by atoms with van der Waals surface area (Å²) in [6.07, 6.45) is -6.53. The Morgan fingerprint density at radius 2 is 1.75 bits per heavy atom. The maximum Gasteiger partial charge on any atom is 0.416 e. The molecule has 1 atom stereocenters. The molecule has 0 fully saturated rings. The highest BCUT2D eigenvalue weighted by Gasteiger charge is 2.30. The third-order valence-electron chi connectivity index (χ3n) is 2.24. The fraction of sp³-hybridized carbons (Fsp3) is 0.300. The molecular weight excluding hydrogens is 303 g/mol. The van der Waals surface area contributed by atoms with Crippen molar-refractivity contribution in [3.8, 4) is 0 Å². The van der Waals surface area contributed by atoms with Crippen LogP contribution in [0.4, 0.5) is 13.2 Å². The molecule has 0 aliphatic carbocycles. The monoisotopic (exact) mass is 313 g/mol. The van der Waals surface area contributed by atoms with Crippen LogP contribution in [0.25, 0.3) is 0 Å². The molecule has 1 aromatic carbocycles. The molecule has 1 aromatic rings. The van der Waals surface area contributed by atoms with Crippen molar-refractivity contribution >= 4 is 16.0 Å². The first-order valence-electron chi connectivity index (χ1n) is 5.12. The maximum atomic E-state index is 12.3. The molecule has 10 heteroatoms. The molecule has 0 radical (unpaired) electrons. The van der Waals surface area contributed by atoms with Crippen molar-refractivity contribution in [3.63, 3.8) is 0 Å². The number of carbonyl (C=O) groups is 1. The number of aliphatic hydroxyl groups excluding tert-OH is 1. The van der Waals surface area contributed by atoms with E-state index in [9.17, 15) is 26.4 Å². The fourth-order valence-electron chi connectivity index (χ4n) is 1.18. The number of aliphatic hydroxyl groups is 1. The van der Waals surface area contributed by atoms with Crippen LogP contribution in [0, 0.1) is 0 Å². The third kappa shape index (κ3) is 4.18. The first-order valence-corrected chi connectivity index (χ1v) is 6.60. The number of halogens is 3. The van der Waals surface area contributed by atoms with Gasteiger partial charge in [0, 0.05) is 6.54 Å². The van der Waals surface area contributed by atoms with Crippen molar-refractivity contribution in [2.45, 2.75) is 17.2 Å². The highest BCUT2D eigenvalue weighted by molar-refractivity contribution is 7.89. The molecule has 0 saturated carbocycles. The van der Waals surface area contributed by atoms with E-state index in [-0.39, 0.29) is 0 Å². The Balaban J connectivity index is 2.86. The standard InChI is InChI=1S/C10H10F3NO5S/c11-10(12,13)6-1-3-7(4-2-6)20(18,19)14-5-8(15)9(16)17/h1-4,8,14-15H,5H2,(H,16,17). The fourth-order valence-corrected chi connectivity index (χ4v) is 2.22. The van der Waals surface area contributed by atoms with Gasteiger partial charge in [-0.05, 0) is 24.3 Å². The lowest BCUT2D eigenvalue weighted by Gasteiger charge is -2.10. The molecule has 0 saturated heterocycles. The lowest BCUT2D eigenvalue weighted by molar-refractivity contribution is -0.146. The zero-order valence-electron chi connectivity index (χ0n) is 9.76. The molecule has 1 unspecified atom stereocenters. The van der Waals surface area contributed by atoms with Crippen LogP contribution < -0.4 is 4.72 Å². The molecule has 6 nitrogen and oxygen atoms in total. The smallest absolute Gasteiger partial charge is 0.416 e. The Morgan fingerprint density at radius 1 is 1.25 bits per heavy atom. The van der Waals surface area contributed by atoms with Crippen LogP contribution >= 0.6 is 0 Å². The van der Waals surface area contributed by atoms with Gasteiger partial charge in [0.2, 0.25) is 10.0 Å². The Morgan fingerprint density at radius 3 is 2.15 bits per heavy atom. The summed E-state index contributed by atoms with van der Waals surface area (Å²) in [5.41, 5.74) is -1.01. The van der Waals surface area contributed by atoms with Crippen molar-refractivity contribution in [1.82, 2.24) is 4.72 Å². The average Bonchev–Trinajstić information content (AvgIpc) is 2.35. The zero-order chi connectivity index (χ0) is 15.6. The number of nitrogens with one attached hydrogen (secondary N) is 1. The molecule has 0 aliphatic rings. The van der Waals surface area contributed by atoms with E-state index < -0.39 is 45.3 Å². The molecule has 1 rings (SSSR count). The lowest BCUT2D eigenvalue weighted by atomic mass is 10.2. The number of aliphatic carboxylic acids is 1. The number of alkyl halides is 3. The molecule has 3 N–H and O–H groups in total. The molecule has 112 valence electrons. The summed E-state index contributed by atoms with van der Waals surface area (Å²) in [4.78, 5) is 9.83. The van der Waals surface area contributed by atoms with E-state index in [2.05, 4.69) is 0 Å². The van der Waals surface area contributed by atoms with Gasteiger partial charge in [0.25, 0.3) is 0 Å². The molecule has 20 heavy (non-hydrogen) atoms. The Kier molecular flexibility index (Phi) is 4.73. The SMILES string of the molecule is O=C(O)C(O)CNS(=O)(=O)c1ccc(C(F)(F)F)cc1. The van der Waals surface area contributed by atoms with Crippen molar-refractivity contribution < 1.29 is 36.6 Å². The molecule has 0 heterocycles. The molecule has 0 aliphatic heterocycles. The van der Waals surface area contributed by atoms with Crippen LogP contribution in [0.3, 0.4) is 0 Å². The molecule has 0 aromatic heterocycles. The minimum atomic E-state index is -4.59. The largest absolute Gasteiger partial charge is 0.479 e. The summed E-state index contributed by atoms with van der Waals surface area (Å²) < 4.78 is 61.9. The van der Waals surface area contributed by atoms with E-state index in [1.807, 2.05) is 0 Å². The summed E-state index contributed by atoms with van der Waals surface area (Å²) in [5, 5.41) is 17.3. The number of carboxylic acid groups (broad SMARTS) is 1. The van der Waals surface area contributed by atoms with Gasteiger partial charge in [-0.1, -0.05) is 0 Å². The van der Waals surface area contributed by atoms with Gasteiger partial charge in [0.05, 0.1) is 10.5 Å². The second-order valence-electron chi connectivity index (χ2n) is 3.73. The number of carboxylic acids is 1. The van der Waals surface area contributed by atoms with E-state index in [4.69, 9.17) is 10.2 Å². The van der Waals surface area contributed by atoms with Gasteiger partial charge in [-0.2, -0.15) is 13.2 Å². The van der Waals surface area contributed by atoms with Gasteiger partial charge in [-0.25, -0.2) is 17.9 Å². The van der Waals surface area contributed by atoms with E-state index in [1.54, 1.807) is 4.72 Å². The lowest BCUT2D eigenvalue weighted by Crippen LogP contribution is -2.36. The Labute approximate surface area is 111 Å². The molecule has 0 spiro atoms. The average molecular weight is 313 g/mol. The summed E-state index contributed by atoms with van der Waals surface area (Å²) in [7, 11) is -4.19. The number of sulfonamides is 1. The topological polar surface area (TPSA) is 104 Å². The highest BCUT2D eigenvalue weighted by atomic mass is 32.2. The van der Waals surface area contributed by atoms with Gasteiger partial charge in [0.15, 0.2) is 6.10 Å². The number of benzene rings is 1. The second kappa shape index (κ2) is 5.77. The van der Waals surface area contributed by atoms with E-state index in [1.165, 1.54) is 0 Å². The Bertz CT molecular complexity index is 582. The van der Waals surface area contributed by atoms with Crippen LogP contribution in [0.1, 0.15) is 5.56 Å². The van der Waals surface area contributed by atoms with Crippen molar-refractivity contribution in [3.05, 3.63) is 29.8 Å². The second-order valence-corrected chi connectivity index (χ2v) is 5.50. The molecule has 0 bridgehead atoms. The number of hydrogen-bond donors (Lipinski definition) is 3. The van der Waals surface area contributed by atoms with Gasteiger partial charge in [-0.15, -0.1) is 0 Å². The minimum absolute atomic E-state index is 0.469. The minimum Gasteiger partial charge on any atom is -0.479 e. The first-order chi connectivity index (χ1) is 9.04. The molecular formula is C10H10F3NO5S. The van der Waals surface area contributed by atoms with E-state index in [0.717, 1.165) is 12.1 Å². The van der Waals surface area contributed by atoms with E-state index >= 15 is 0 Å². The highest BCUT2D eigenvalue weighted by Crippen LogP contribution is 2.29.